The third kappa shape index (κ3) is 3.75. The number of anilines is 1. The molecule has 11 heteroatoms. The first-order chi connectivity index (χ1) is 10.8. The van der Waals surface area contributed by atoms with Crippen molar-refractivity contribution in [2.24, 2.45) is 0 Å². The molecule has 2 heterocycles. The van der Waals surface area contributed by atoms with Crippen molar-refractivity contribution in [1.82, 2.24) is 15.4 Å². The highest BCUT2D eigenvalue weighted by molar-refractivity contribution is 5.92. The fourth-order valence-corrected chi connectivity index (χ4v) is 1.50. The standard InChI is InChI=1S/C12H9F3N4O4/c1-22-10(21)6-5-16-11(17-8(6)12(13,14)15)19-18-9(20)7-3-2-4-23-7/h2-5H,1H3,(H,18,20)(H,16,17,19). The zero-order valence-electron chi connectivity index (χ0n) is 11.5. The number of rotatable bonds is 4. The lowest BCUT2D eigenvalue weighted by molar-refractivity contribution is -0.141. The lowest BCUT2D eigenvalue weighted by Gasteiger charge is -2.12. The predicted molar refractivity (Wildman–Crippen MR) is 68.2 cm³/mol. The quantitative estimate of drug-likeness (QED) is 0.648. The van der Waals surface area contributed by atoms with Gasteiger partial charge in [0.25, 0.3) is 0 Å². The van der Waals surface area contributed by atoms with Crippen molar-refractivity contribution < 1.29 is 31.9 Å². The summed E-state index contributed by atoms with van der Waals surface area (Å²) in [4.78, 5) is 29.6. The van der Waals surface area contributed by atoms with E-state index in [1.807, 2.05) is 0 Å². The van der Waals surface area contributed by atoms with E-state index in [1.165, 1.54) is 18.4 Å². The van der Waals surface area contributed by atoms with Gasteiger partial charge in [0.15, 0.2) is 11.5 Å². The largest absolute Gasteiger partial charge is 0.465 e. The van der Waals surface area contributed by atoms with Gasteiger partial charge in [-0.3, -0.25) is 15.6 Å². The van der Waals surface area contributed by atoms with Gasteiger partial charge >= 0.3 is 18.1 Å². The molecule has 2 N–H and O–H groups in total. The zero-order valence-corrected chi connectivity index (χ0v) is 11.5. The van der Waals surface area contributed by atoms with Crippen molar-refractivity contribution in [3.05, 3.63) is 41.6 Å². The van der Waals surface area contributed by atoms with Crippen LogP contribution < -0.4 is 10.9 Å². The molecule has 0 fully saturated rings. The van der Waals surface area contributed by atoms with Crippen LogP contribution in [0.5, 0.6) is 0 Å². The number of halogens is 3. The van der Waals surface area contributed by atoms with Crippen LogP contribution in [0.3, 0.4) is 0 Å². The second kappa shape index (κ2) is 6.34. The molecule has 8 nitrogen and oxygen atoms in total. The van der Waals surface area contributed by atoms with E-state index in [2.05, 4.69) is 25.6 Å². The van der Waals surface area contributed by atoms with Crippen molar-refractivity contribution in [1.29, 1.82) is 0 Å². The number of esters is 1. The van der Waals surface area contributed by atoms with Crippen LogP contribution in [0.25, 0.3) is 0 Å². The number of alkyl halides is 3. The SMILES string of the molecule is COC(=O)c1cnc(NNC(=O)c2ccco2)nc1C(F)(F)F. The summed E-state index contributed by atoms with van der Waals surface area (Å²) in [6, 6.07) is 2.80. The van der Waals surface area contributed by atoms with Crippen LogP contribution in [-0.4, -0.2) is 29.0 Å². The van der Waals surface area contributed by atoms with E-state index in [1.54, 1.807) is 0 Å². The smallest absolute Gasteiger partial charge is 0.434 e. The van der Waals surface area contributed by atoms with E-state index in [0.29, 0.717) is 6.20 Å². The van der Waals surface area contributed by atoms with Gasteiger partial charge in [0.1, 0.15) is 5.56 Å². The minimum atomic E-state index is -4.91. The number of hydrazine groups is 1. The van der Waals surface area contributed by atoms with Gasteiger partial charge in [0.05, 0.1) is 13.4 Å². The van der Waals surface area contributed by atoms with Gasteiger partial charge in [-0.2, -0.15) is 13.2 Å². The number of furan rings is 1. The Morgan fingerprint density at radius 1 is 1.35 bits per heavy atom. The molecule has 122 valence electrons. The van der Waals surface area contributed by atoms with E-state index in [0.717, 1.165) is 7.11 Å². The number of hydrogen-bond donors (Lipinski definition) is 2. The number of nitrogens with one attached hydrogen (secondary N) is 2. The molecule has 0 spiro atoms. The Bertz CT molecular complexity index is 716. The average Bonchev–Trinajstić information content (AvgIpc) is 3.05. The maximum atomic E-state index is 12.9. The normalized spacial score (nSPS) is 11.0. The Labute approximate surface area is 126 Å². The summed E-state index contributed by atoms with van der Waals surface area (Å²) in [5.41, 5.74) is 1.81. The van der Waals surface area contributed by atoms with E-state index in [9.17, 15) is 22.8 Å². The summed E-state index contributed by atoms with van der Waals surface area (Å²) in [6.07, 6.45) is -3.02. The number of carbonyl (C=O) groups is 2. The van der Waals surface area contributed by atoms with Crippen LogP contribution in [0.2, 0.25) is 0 Å². The highest BCUT2D eigenvalue weighted by Gasteiger charge is 2.38. The first kappa shape index (κ1) is 16.3. The van der Waals surface area contributed by atoms with Crippen LogP contribution in [0.1, 0.15) is 26.6 Å². The van der Waals surface area contributed by atoms with Crippen molar-refractivity contribution in [3.63, 3.8) is 0 Å². The van der Waals surface area contributed by atoms with Gasteiger partial charge in [-0.1, -0.05) is 0 Å². The molecule has 0 aliphatic heterocycles. The van der Waals surface area contributed by atoms with Gasteiger partial charge in [-0.15, -0.1) is 0 Å². The highest BCUT2D eigenvalue weighted by Crippen LogP contribution is 2.31. The molecule has 0 saturated carbocycles. The Balaban J connectivity index is 2.20. The monoisotopic (exact) mass is 330 g/mol. The van der Waals surface area contributed by atoms with E-state index >= 15 is 0 Å². The van der Waals surface area contributed by atoms with Crippen molar-refractivity contribution >= 4 is 17.8 Å². The van der Waals surface area contributed by atoms with Crippen molar-refractivity contribution in [2.45, 2.75) is 6.18 Å². The molecule has 0 aliphatic rings. The van der Waals surface area contributed by atoms with Crippen LogP contribution in [0.4, 0.5) is 19.1 Å². The number of nitrogens with zero attached hydrogens (tertiary/aromatic N) is 2. The number of methoxy groups -OCH3 is 1. The van der Waals surface area contributed by atoms with Crippen LogP contribution in [0, 0.1) is 0 Å². The average molecular weight is 330 g/mol. The van der Waals surface area contributed by atoms with Gasteiger partial charge < -0.3 is 9.15 Å². The maximum absolute atomic E-state index is 12.9. The first-order valence-electron chi connectivity index (χ1n) is 5.95. The molecule has 0 aromatic carbocycles. The summed E-state index contributed by atoms with van der Waals surface area (Å²) < 4.78 is 47.8. The minimum absolute atomic E-state index is 0.0697. The number of aromatic nitrogens is 2. The number of carbonyl (C=O) groups excluding carboxylic acids is 2. The molecule has 2 aromatic rings. The van der Waals surface area contributed by atoms with Crippen molar-refractivity contribution in [3.8, 4) is 0 Å². The number of amides is 1. The summed E-state index contributed by atoms with van der Waals surface area (Å²) in [5, 5.41) is 0. The molecule has 2 aromatic heterocycles. The third-order valence-electron chi connectivity index (χ3n) is 2.50. The number of ether oxygens (including phenoxy) is 1. The van der Waals surface area contributed by atoms with Crippen LogP contribution >= 0.6 is 0 Å². The summed E-state index contributed by atoms with van der Waals surface area (Å²) in [7, 11) is 0.929. The topological polar surface area (TPSA) is 106 Å². The van der Waals surface area contributed by atoms with E-state index < -0.39 is 35.3 Å². The summed E-state index contributed by atoms with van der Waals surface area (Å²) in [5.74, 6) is -2.61. The number of hydrogen-bond acceptors (Lipinski definition) is 7. The molecule has 0 unspecified atom stereocenters. The van der Waals surface area contributed by atoms with Gasteiger partial charge in [-0.25, -0.2) is 14.8 Å². The Morgan fingerprint density at radius 3 is 2.65 bits per heavy atom. The van der Waals surface area contributed by atoms with E-state index in [-0.39, 0.29) is 5.76 Å². The third-order valence-corrected chi connectivity index (χ3v) is 2.50. The van der Waals surface area contributed by atoms with Gasteiger partial charge in [0.2, 0.25) is 5.95 Å². The molecule has 0 aliphatic carbocycles. The first-order valence-corrected chi connectivity index (χ1v) is 5.95. The molecular weight excluding hydrogens is 321 g/mol. The second-order valence-corrected chi connectivity index (χ2v) is 4.00. The lowest BCUT2D eigenvalue weighted by Crippen LogP contribution is -2.30. The molecular formula is C12H9F3N4O4. The summed E-state index contributed by atoms with van der Waals surface area (Å²) in [6.45, 7) is 0. The molecule has 1 amide bonds. The maximum Gasteiger partial charge on any atom is 0.434 e. The summed E-state index contributed by atoms with van der Waals surface area (Å²) >= 11 is 0. The fraction of sp³-hybridized carbons (Fsp3) is 0.167. The van der Waals surface area contributed by atoms with Gasteiger partial charge in [-0.05, 0) is 12.1 Å². The molecule has 0 atom stereocenters. The molecule has 0 bridgehead atoms. The molecule has 2 rings (SSSR count). The molecule has 23 heavy (non-hydrogen) atoms. The molecule has 0 saturated heterocycles. The fourth-order valence-electron chi connectivity index (χ4n) is 1.50. The molecule has 0 radical (unpaired) electrons. The Kier molecular flexibility index (Phi) is 4.48. The Hall–Kier alpha value is -3.11. The predicted octanol–water partition coefficient (Wildman–Crippen LogP) is 1.63. The second-order valence-electron chi connectivity index (χ2n) is 4.00. The van der Waals surface area contributed by atoms with Crippen LogP contribution in [0.15, 0.2) is 29.0 Å². The minimum Gasteiger partial charge on any atom is -0.465 e. The van der Waals surface area contributed by atoms with Crippen molar-refractivity contribution in [2.75, 3.05) is 12.5 Å². The highest BCUT2D eigenvalue weighted by atomic mass is 19.4. The van der Waals surface area contributed by atoms with E-state index in [4.69, 9.17) is 4.42 Å². The lowest BCUT2D eigenvalue weighted by atomic mass is 10.2. The van der Waals surface area contributed by atoms with Crippen LogP contribution in [-0.2, 0) is 10.9 Å². The van der Waals surface area contributed by atoms with Gasteiger partial charge in [0, 0.05) is 6.20 Å². The Morgan fingerprint density at radius 2 is 2.09 bits per heavy atom. The zero-order chi connectivity index (χ0) is 17.0.